The number of Topliss-reactive ketones (excluding diaryl/α,β-unsaturated/α-hetero) is 1. The summed E-state index contributed by atoms with van der Waals surface area (Å²) in [5.41, 5.74) is 8.47. The summed E-state index contributed by atoms with van der Waals surface area (Å²) in [5.74, 6) is 2.29. The van der Waals surface area contributed by atoms with Gasteiger partial charge >= 0.3 is 0 Å². The lowest BCUT2D eigenvalue weighted by atomic mass is 9.96. The molecule has 0 atom stereocenters. The van der Waals surface area contributed by atoms with E-state index in [2.05, 4.69) is 0 Å². The van der Waals surface area contributed by atoms with Gasteiger partial charge in [0.05, 0.1) is 19.4 Å². The summed E-state index contributed by atoms with van der Waals surface area (Å²) in [7, 11) is 1.58. The number of fused-ring (bicyclic) bond motifs is 1. The summed E-state index contributed by atoms with van der Waals surface area (Å²) in [6.07, 6.45) is 3.32. The van der Waals surface area contributed by atoms with Gasteiger partial charge in [-0.05, 0) is 49.8 Å². The van der Waals surface area contributed by atoms with Crippen molar-refractivity contribution in [3.05, 3.63) is 47.0 Å². The predicted molar refractivity (Wildman–Crippen MR) is 113 cm³/mol. The summed E-state index contributed by atoms with van der Waals surface area (Å²) in [6, 6.07) is 8.86. The summed E-state index contributed by atoms with van der Waals surface area (Å²) < 4.78 is 22.4. The van der Waals surface area contributed by atoms with Crippen molar-refractivity contribution < 1.29 is 23.7 Å². The number of benzene rings is 2. The molecule has 0 aliphatic carbocycles. The Balaban J connectivity index is 1.98. The first kappa shape index (κ1) is 20.6. The van der Waals surface area contributed by atoms with Gasteiger partial charge in [-0.15, -0.1) is 0 Å². The number of nitrogens with two attached hydrogens (primary N) is 1. The van der Waals surface area contributed by atoms with E-state index >= 15 is 0 Å². The van der Waals surface area contributed by atoms with Crippen molar-refractivity contribution in [1.29, 1.82) is 0 Å². The number of hydrogen-bond donors (Lipinski definition) is 1. The molecule has 3 rings (SSSR count). The maximum atomic E-state index is 13.2. The molecular weight excluding hydrogens is 370 g/mol. The highest BCUT2D eigenvalue weighted by Crippen LogP contribution is 2.42. The molecule has 0 bridgehead atoms. The number of allylic oxidation sites excluding steroid dienone is 1. The van der Waals surface area contributed by atoms with Gasteiger partial charge in [0.15, 0.2) is 17.3 Å². The van der Waals surface area contributed by atoms with Crippen molar-refractivity contribution in [1.82, 2.24) is 0 Å². The zero-order valence-corrected chi connectivity index (χ0v) is 17.1. The first-order chi connectivity index (χ1) is 14.1. The molecule has 0 saturated heterocycles. The van der Waals surface area contributed by atoms with Gasteiger partial charge in [-0.25, -0.2) is 0 Å². The van der Waals surface area contributed by atoms with Crippen LogP contribution in [0.4, 0.5) is 5.69 Å². The number of ether oxygens (including phenoxy) is 4. The molecule has 1 heterocycles. The predicted octanol–water partition coefficient (Wildman–Crippen LogP) is 4.51. The summed E-state index contributed by atoms with van der Waals surface area (Å²) in [4.78, 5) is 13.2. The Morgan fingerprint density at radius 1 is 1.17 bits per heavy atom. The van der Waals surface area contributed by atoms with E-state index < -0.39 is 0 Å². The molecule has 6 nitrogen and oxygen atoms in total. The van der Waals surface area contributed by atoms with Crippen LogP contribution in [0, 0.1) is 0 Å². The molecule has 0 fully saturated rings. The van der Waals surface area contributed by atoms with Gasteiger partial charge in [-0.3, -0.25) is 4.79 Å². The van der Waals surface area contributed by atoms with Crippen molar-refractivity contribution >= 4 is 17.5 Å². The van der Waals surface area contributed by atoms with Gasteiger partial charge in [0.2, 0.25) is 5.75 Å². The van der Waals surface area contributed by atoms with Gasteiger partial charge in [0.25, 0.3) is 0 Å². The highest BCUT2D eigenvalue weighted by Gasteiger charge is 2.21. The van der Waals surface area contributed by atoms with Crippen LogP contribution >= 0.6 is 0 Å². The fraction of sp³-hybridized carbons (Fsp3) is 0.348. The zero-order valence-electron chi connectivity index (χ0n) is 17.1. The molecule has 0 aromatic heterocycles. The fourth-order valence-corrected chi connectivity index (χ4v) is 3.30. The van der Waals surface area contributed by atoms with Crippen molar-refractivity contribution in [3.63, 3.8) is 0 Å². The van der Waals surface area contributed by atoms with Gasteiger partial charge in [0, 0.05) is 16.7 Å². The summed E-state index contributed by atoms with van der Waals surface area (Å²) in [5, 5.41) is 0. The first-order valence-corrected chi connectivity index (χ1v) is 9.83. The number of ketones is 1. The van der Waals surface area contributed by atoms with E-state index in [1.54, 1.807) is 25.3 Å². The molecule has 0 spiro atoms. The molecule has 1 aliphatic rings. The third-order valence-electron chi connectivity index (χ3n) is 4.61. The van der Waals surface area contributed by atoms with Crippen LogP contribution in [0.15, 0.2) is 35.9 Å². The minimum Gasteiger partial charge on any atom is -0.492 e. The SMILES string of the molecule is CCCC(=Cc1ccc2c(c1OC)OCCO2)C(=O)c1ccc(OCC)c(N)c1. The maximum absolute atomic E-state index is 13.2. The Morgan fingerprint density at radius 2 is 1.97 bits per heavy atom. The van der Waals surface area contributed by atoms with Crippen LogP contribution in [-0.2, 0) is 0 Å². The van der Waals surface area contributed by atoms with Gasteiger partial charge < -0.3 is 24.7 Å². The Bertz CT molecular complexity index is 920. The molecule has 1 aliphatic heterocycles. The van der Waals surface area contributed by atoms with Crippen molar-refractivity contribution in [3.8, 4) is 23.0 Å². The van der Waals surface area contributed by atoms with Crippen LogP contribution in [0.3, 0.4) is 0 Å². The zero-order chi connectivity index (χ0) is 20.8. The fourth-order valence-electron chi connectivity index (χ4n) is 3.30. The lowest BCUT2D eigenvalue weighted by Crippen LogP contribution is -2.16. The average molecular weight is 397 g/mol. The maximum Gasteiger partial charge on any atom is 0.204 e. The van der Waals surface area contributed by atoms with E-state index in [1.165, 1.54) is 0 Å². The van der Waals surface area contributed by atoms with Crippen LogP contribution in [0.2, 0.25) is 0 Å². The number of methoxy groups -OCH3 is 1. The largest absolute Gasteiger partial charge is 0.492 e. The van der Waals surface area contributed by atoms with Crippen LogP contribution < -0.4 is 24.7 Å². The molecule has 0 amide bonds. The summed E-state index contributed by atoms with van der Waals surface area (Å²) >= 11 is 0. The number of rotatable bonds is 8. The lowest BCUT2D eigenvalue weighted by molar-refractivity contribution is 0.103. The molecule has 2 N–H and O–H groups in total. The quantitative estimate of drug-likeness (QED) is 0.401. The Morgan fingerprint density at radius 3 is 2.66 bits per heavy atom. The van der Waals surface area contributed by atoms with E-state index in [0.717, 1.165) is 12.0 Å². The normalized spacial score (nSPS) is 13.1. The number of nitrogen functional groups attached to an aromatic ring is 1. The van der Waals surface area contributed by atoms with E-state index in [1.807, 2.05) is 32.1 Å². The third-order valence-corrected chi connectivity index (χ3v) is 4.61. The molecule has 0 unspecified atom stereocenters. The average Bonchev–Trinajstić information content (AvgIpc) is 2.74. The molecule has 2 aromatic rings. The second-order valence-corrected chi connectivity index (χ2v) is 6.65. The monoisotopic (exact) mass is 397 g/mol. The first-order valence-electron chi connectivity index (χ1n) is 9.83. The highest BCUT2D eigenvalue weighted by atomic mass is 16.6. The Hall–Kier alpha value is -3.15. The van der Waals surface area contributed by atoms with Gasteiger partial charge in [0.1, 0.15) is 19.0 Å². The Kier molecular flexibility index (Phi) is 6.65. The molecule has 6 heteroatoms. The molecular formula is C23H27NO5. The second-order valence-electron chi connectivity index (χ2n) is 6.65. The summed E-state index contributed by atoms with van der Waals surface area (Å²) in [6.45, 7) is 5.41. The highest BCUT2D eigenvalue weighted by molar-refractivity contribution is 6.12. The van der Waals surface area contributed by atoms with Crippen molar-refractivity contribution in [2.24, 2.45) is 0 Å². The van der Waals surface area contributed by atoms with E-state index in [0.29, 0.717) is 66.1 Å². The molecule has 0 saturated carbocycles. The minimum absolute atomic E-state index is 0.0708. The minimum atomic E-state index is -0.0708. The van der Waals surface area contributed by atoms with Crippen LogP contribution in [-0.4, -0.2) is 32.7 Å². The van der Waals surface area contributed by atoms with Crippen LogP contribution in [0.25, 0.3) is 6.08 Å². The van der Waals surface area contributed by atoms with Crippen molar-refractivity contribution in [2.45, 2.75) is 26.7 Å². The number of hydrogen-bond acceptors (Lipinski definition) is 6. The van der Waals surface area contributed by atoms with Crippen LogP contribution in [0.5, 0.6) is 23.0 Å². The third kappa shape index (κ3) is 4.47. The molecule has 154 valence electrons. The van der Waals surface area contributed by atoms with Crippen molar-refractivity contribution in [2.75, 3.05) is 32.7 Å². The topological polar surface area (TPSA) is 80.0 Å². The Labute approximate surface area is 171 Å². The van der Waals surface area contributed by atoms with Gasteiger partial charge in [-0.1, -0.05) is 13.3 Å². The van der Waals surface area contributed by atoms with E-state index in [9.17, 15) is 4.79 Å². The van der Waals surface area contributed by atoms with E-state index in [-0.39, 0.29) is 5.78 Å². The standard InChI is InChI=1S/C23H27NO5/c1-4-6-15(21(25)16-7-9-19(27-5-2)18(24)14-16)13-17-8-10-20-23(22(17)26-3)29-12-11-28-20/h7-10,13-14H,4-6,11-12,24H2,1-3H3. The molecule has 2 aromatic carbocycles. The smallest absolute Gasteiger partial charge is 0.204 e. The van der Waals surface area contributed by atoms with E-state index in [4.69, 9.17) is 24.7 Å². The molecule has 29 heavy (non-hydrogen) atoms. The molecule has 0 radical (unpaired) electrons. The second kappa shape index (κ2) is 9.37. The van der Waals surface area contributed by atoms with Gasteiger partial charge in [-0.2, -0.15) is 0 Å². The number of carbonyl (C=O) groups is 1. The lowest BCUT2D eigenvalue weighted by Gasteiger charge is -2.21. The number of carbonyl (C=O) groups excluding carboxylic acids is 1. The number of anilines is 1. The van der Waals surface area contributed by atoms with Crippen LogP contribution in [0.1, 0.15) is 42.6 Å².